The average molecular weight is 411 g/mol. The van der Waals surface area contributed by atoms with Gasteiger partial charge in [0.15, 0.2) is 5.17 Å². The first kappa shape index (κ1) is 20.6. The van der Waals surface area contributed by atoms with E-state index in [4.69, 9.17) is 4.74 Å². The Kier molecular flexibility index (Phi) is 6.66. The van der Waals surface area contributed by atoms with Gasteiger partial charge in [-0.05, 0) is 43.3 Å². The summed E-state index contributed by atoms with van der Waals surface area (Å²) in [4.78, 5) is 29.8. The molecule has 0 atom stereocenters. The molecule has 29 heavy (non-hydrogen) atoms. The summed E-state index contributed by atoms with van der Waals surface area (Å²) in [6.07, 6.45) is 1.80. The van der Waals surface area contributed by atoms with Crippen LogP contribution in [-0.2, 0) is 11.4 Å². The number of carbonyl (C=O) groups is 1. The molecule has 1 amide bonds. The second-order valence-electron chi connectivity index (χ2n) is 6.17. The standard InChI is InChI=1S/C21H21N3O4S/c1-3-22-21-23(4-2)20(25)19(29-21)13-16-9-5-6-11-18(16)28-14-15-8-7-10-17(12-15)24(26)27/h5-13H,3-4,14H2,1-2H3/b19-13+,22-21?. The number of ether oxygens (including phenoxy) is 1. The number of thioether (sulfide) groups is 1. The first-order valence-electron chi connectivity index (χ1n) is 9.24. The Hall–Kier alpha value is -3.13. The molecule has 1 aliphatic rings. The zero-order valence-electron chi connectivity index (χ0n) is 16.2. The van der Waals surface area contributed by atoms with Crippen molar-refractivity contribution in [3.05, 3.63) is 74.7 Å². The number of aliphatic imine (C=N–C) groups is 1. The van der Waals surface area contributed by atoms with Gasteiger partial charge in [0.05, 0.1) is 9.83 Å². The van der Waals surface area contributed by atoms with Crippen LogP contribution in [0.25, 0.3) is 6.08 Å². The van der Waals surface area contributed by atoms with Gasteiger partial charge in [0.25, 0.3) is 11.6 Å². The highest BCUT2D eigenvalue weighted by molar-refractivity contribution is 8.18. The van der Waals surface area contributed by atoms with Crippen molar-refractivity contribution < 1.29 is 14.5 Å². The van der Waals surface area contributed by atoms with Crippen molar-refractivity contribution >= 4 is 34.6 Å². The summed E-state index contributed by atoms with van der Waals surface area (Å²) in [5.41, 5.74) is 1.49. The van der Waals surface area contributed by atoms with Crippen LogP contribution in [0.15, 0.2) is 58.4 Å². The lowest BCUT2D eigenvalue weighted by molar-refractivity contribution is -0.384. The molecule has 1 heterocycles. The van der Waals surface area contributed by atoms with Crippen LogP contribution in [0.4, 0.5) is 5.69 Å². The number of rotatable bonds is 7. The molecule has 3 rings (SSSR count). The molecule has 1 fully saturated rings. The van der Waals surface area contributed by atoms with E-state index in [0.717, 1.165) is 5.56 Å². The van der Waals surface area contributed by atoms with Gasteiger partial charge in [0.1, 0.15) is 12.4 Å². The maximum absolute atomic E-state index is 12.7. The summed E-state index contributed by atoms with van der Waals surface area (Å²) in [7, 11) is 0. The molecule has 0 bridgehead atoms. The summed E-state index contributed by atoms with van der Waals surface area (Å²) in [5.74, 6) is 0.530. The van der Waals surface area contributed by atoms with Gasteiger partial charge in [-0.1, -0.05) is 30.3 Å². The molecule has 150 valence electrons. The first-order valence-corrected chi connectivity index (χ1v) is 10.1. The minimum Gasteiger partial charge on any atom is -0.488 e. The van der Waals surface area contributed by atoms with E-state index in [0.29, 0.717) is 34.5 Å². The van der Waals surface area contributed by atoms with E-state index in [1.807, 2.05) is 38.1 Å². The molecular weight excluding hydrogens is 390 g/mol. The van der Waals surface area contributed by atoms with Crippen LogP contribution in [-0.4, -0.2) is 34.0 Å². The Bertz CT molecular complexity index is 987. The molecule has 1 aliphatic heterocycles. The lowest BCUT2D eigenvalue weighted by Crippen LogP contribution is -2.28. The highest BCUT2D eigenvalue weighted by Crippen LogP contribution is 2.34. The van der Waals surface area contributed by atoms with Crippen LogP contribution >= 0.6 is 11.8 Å². The van der Waals surface area contributed by atoms with Gasteiger partial charge in [-0.25, -0.2) is 0 Å². The van der Waals surface area contributed by atoms with Crippen molar-refractivity contribution in [1.82, 2.24) is 4.90 Å². The van der Waals surface area contributed by atoms with Gasteiger partial charge in [-0.2, -0.15) is 0 Å². The van der Waals surface area contributed by atoms with E-state index in [9.17, 15) is 14.9 Å². The number of benzene rings is 2. The minimum atomic E-state index is -0.431. The number of para-hydroxylation sites is 1. The van der Waals surface area contributed by atoms with E-state index < -0.39 is 4.92 Å². The number of amides is 1. The second-order valence-corrected chi connectivity index (χ2v) is 7.18. The third kappa shape index (κ3) is 4.83. The number of amidine groups is 1. The monoisotopic (exact) mass is 411 g/mol. The Morgan fingerprint density at radius 1 is 1.21 bits per heavy atom. The number of likely N-dealkylation sites (N-methyl/N-ethyl adjacent to an activating group) is 1. The van der Waals surface area contributed by atoms with Crippen molar-refractivity contribution in [3.63, 3.8) is 0 Å². The highest BCUT2D eigenvalue weighted by atomic mass is 32.2. The van der Waals surface area contributed by atoms with Crippen LogP contribution in [0, 0.1) is 10.1 Å². The van der Waals surface area contributed by atoms with Crippen molar-refractivity contribution in [3.8, 4) is 5.75 Å². The maximum atomic E-state index is 12.7. The molecular formula is C21H21N3O4S. The van der Waals surface area contributed by atoms with E-state index in [1.165, 1.54) is 23.9 Å². The topological polar surface area (TPSA) is 85.0 Å². The molecule has 7 nitrogen and oxygen atoms in total. The lowest BCUT2D eigenvalue weighted by atomic mass is 10.1. The minimum absolute atomic E-state index is 0.0249. The molecule has 0 radical (unpaired) electrons. The molecule has 0 saturated carbocycles. The van der Waals surface area contributed by atoms with Gasteiger partial charge in [0.2, 0.25) is 0 Å². The predicted molar refractivity (Wildman–Crippen MR) is 115 cm³/mol. The fourth-order valence-electron chi connectivity index (χ4n) is 2.83. The molecule has 2 aromatic carbocycles. The molecule has 1 saturated heterocycles. The van der Waals surface area contributed by atoms with Crippen LogP contribution in [0.5, 0.6) is 5.75 Å². The summed E-state index contributed by atoms with van der Waals surface area (Å²) in [6.45, 7) is 5.22. The Labute approximate surface area is 173 Å². The zero-order valence-corrected chi connectivity index (χ0v) is 17.0. The number of nitro benzene ring substituents is 1. The predicted octanol–water partition coefficient (Wildman–Crippen LogP) is 4.49. The number of hydrogen-bond donors (Lipinski definition) is 0. The fourth-order valence-corrected chi connectivity index (χ4v) is 3.93. The Morgan fingerprint density at radius 3 is 2.72 bits per heavy atom. The summed E-state index contributed by atoms with van der Waals surface area (Å²) in [6, 6.07) is 13.7. The molecule has 8 heteroatoms. The first-order chi connectivity index (χ1) is 14.0. The van der Waals surface area contributed by atoms with E-state index >= 15 is 0 Å². The molecule has 0 unspecified atom stereocenters. The van der Waals surface area contributed by atoms with Crippen LogP contribution in [0.2, 0.25) is 0 Å². The number of hydrogen-bond acceptors (Lipinski definition) is 6. The normalized spacial score (nSPS) is 16.6. The molecule has 0 spiro atoms. The molecule has 0 aliphatic carbocycles. The van der Waals surface area contributed by atoms with E-state index in [-0.39, 0.29) is 18.2 Å². The van der Waals surface area contributed by atoms with Crippen molar-refractivity contribution in [2.45, 2.75) is 20.5 Å². The van der Waals surface area contributed by atoms with Crippen molar-refractivity contribution in [2.75, 3.05) is 13.1 Å². The average Bonchev–Trinajstić information content (AvgIpc) is 3.02. The number of carbonyl (C=O) groups excluding carboxylic acids is 1. The maximum Gasteiger partial charge on any atom is 0.269 e. The third-order valence-corrected chi connectivity index (χ3v) is 5.26. The van der Waals surface area contributed by atoms with E-state index in [1.54, 1.807) is 23.1 Å². The Morgan fingerprint density at radius 2 is 2.00 bits per heavy atom. The van der Waals surface area contributed by atoms with E-state index in [2.05, 4.69) is 4.99 Å². The van der Waals surface area contributed by atoms with Gasteiger partial charge in [-0.3, -0.25) is 24.8 Å². The van der Waals surface area contributed by atoms with Gasteiger partial charge < -0.3 is 4.74 Å². The fraction of sp³-hybridized carbons (Fsp3) is 0.238. The smallest absolute Gasteiger partial charge is 0.269 e. The second kappa shape index (κ2) is 9.38. The Balaban J connectivity index is 1.82. The third-order valence-electron chi connectivity index (χ3n) is 4.22. The molecule has 0 aromatic heterocycles. The summed E-state index contributed by atoms with van der Waals surface area (Å²) < 4.78 is 5.90. The van der Waals surface area contributed by atoms with Gasteiger partial charge in [-0.15, -0.1) is 0 Å². The molecule has 2 aromatic rings. The summed E-state index contributed by atoms with van der Waals surface area (Å²) >= 11 is 1.36. The number of nitrogens with zero attached hydrogens (tertiary/aromatic N) is 3. The highest BCUT2D eigenvalue weighted by Gasteiger charge is 2.32. The lowest BCUT2D eigenvalue weighted by Gasteiger charge is -2.11. The zero-order chi connectivity index (χ0) is 20.8. The van der Waals surface area contributed by atoms with Crippen molar-refractivity contribution in [2.24, 2.45) is 4.99 Å². The van der Waals surface area contributed by atoms with Crippen LogP contribution in [0.3, 0.4) is 0 Å². The quantitative estimate of drug-likeness (QED) is 0.381. The largest absolute Gasteiger partial charge is 0.488 e. The molecule has 0 N–H and O–H groups in total. The van der Waals surface area contributed by atoms with Crippen LogP contribution in [0.1, 0.15) is 25.0 Å². The summed E-state index contributed by atoms with van der Waals surface area (Å²) in [5, 5.41) is 11.6. The van der Waals surface area contributed by atoms with Crippen molar-refractivity contribution in [1.29, 1.82) is 0 Å². The number of nitro groups is 1. The van der Waals surface area contributed by atoms with Gasteiger partial charge >= 0.3 is 0 Å². The SMILES string of the molecule is CCN=C1S/C(=C/c2ccccc2OCc2cccc([N+](=O)[O-])c2)C(=O)N1CC. The van der Waals surface area contributed by atoms with Gasteiger partial charge in [0, 0.05) is 30.8 Å². The van der Waals surface area contributed by atoms with Crippen LogP contribution < -0.4 is 4.74 Å². The number of non-ortho nitro benzene ring substituents is 1.